The van der Waals surface area contributed by atoms with E-state index >= 15 is 0 Å². The average Bonchev–Trinajstić information content (AvgIpc) is 2.45. The summed E-state index contributed by atoms with van der Waals surface area (Å²) >= 11 is 8.02. The Kier molecular flexibility index (Phi) is 5.24. The minimum atomic E-state index is -0.254. The van der Waals surface area contributed by atoms with Crippen molar-refractivity contribution in [3.8, 4) is 5.75 Å². The van der Waals surface area contributed by atoms with Crippen LogP contribution in [0, 0.1) is 0 Å². The summed E-state index contributed by atoms with van der Waals surface area (Å²) in [5.41, 5.74) is 6.44. The number of halogens is 1. The van der Waals surface area contributed by atoms with Crippen molar-refractivity contribution in [2.45, 2.75) is 0 Å². The van der Waals surface area contributed by atoms with Gasteiger partial charge in [0.05, 0.1) is 5.56 Å². The zero-order valence-electron chi connectivity index (χ0n) is 10.9. The first-order valence-corrected chi connectivity index (χ1v) is 7.18. The van der Waals surface area contributed by atoms with Crippen LogP contribution in [0.15, 0.2) is 47.2 Å². The van der Waals surface area contributed by atoms with Crippen LogP contribution in [0.2, 0.25) is 0 Å². The number of benzene rings is 1. The van der Waals surface area contributed by atoms with Gasteiger partial charge in [0.2, 0.25) is 0 Å². The molecular weight excluding hydrogens is 354 g/mol. The number of nitrogens with two attached hydrogens (primary N) is 1. The number of carbonyl (C=O) groups excluding carboxylic acids is 1. The first-order valence-electron chi connectivity index (χ1n) is 5.97. The van der Waals surface area contributed by atoms with E-state index in [1.807, 2.05) is 0 Å². The lowest BCUT2D eigenvalue weighted by Gasteiger charge is -2.08. The molecule has 0 radical (unpaired) electrons. The highest BCUT2D eigenvalue weighted by Gasteiger charge is 2.07. The number of nitrogens with one attached hydrogen (secondary N) is 1. The first-order chi connectivity index (χ1) is 10.0. The molecule has 21 heavy (non-hydrogen) atoms. The second kappa shape index (κ2) is 7.14. The first kappa shape index (κ1) is 15.4. The molecule has 0 fully saturated rings. The van der Waals surface area contributed by atoms with Crippen LogP contribution in [0.1, 0.15) is 10.4 Å². The van der Waals surface area contributed by atoms with E-state index in [0.717, 1.165) is 4.47 Å². The van der Waals surface area contributed by atoms with Crippen LogP contribution in [0.5, 0.6) is 5.75 Å². The van der Waals surface area contributed by atoms with Crippen LogP contribution in [0.4, 0.5) is 5.69 Å². The third kappa shape index (κ3) is 4.80. The fourth-order valence-corrected chi connectivity index (χ4v) is 1.98. The van der Waals surface area contributed by atoms with E-state index in [4.69, 9.17) is 22.7 Å². The van der Waals surface area contributed by atoms with Gasteiger partial charge in [0.1, 0.15) is 17.3 Å². The average molecular weight is 366 g/mol. The monoisotopic (exact) mass is 365 g/mol. The number of carbonyl (C=O) groups is 1. The van der Waals surface area contributed by atoms with Crippen molar-refractivity contribution in [1.82, 2.24) is 4.98 Å². The van der Waals surface area contributed by atoms with Gasteiger partial charge in [-0.2, -0.15) is 0 Å². The highest BCUT2D eigenvalue weighted by molar-refractivity contribution is 9.10. The summed E-state index contributed by atoms with van der Waals surface area (Å²) in [5, 5.41) is 2.77. The number of amides is 1. The number of thiocarbonyl (C=S) groups is 1. The Labute approximate surface area is 135 Å². The number of rotatable bonds is 5. The minimum Gasteiger partial charge on any atom is -0.486 e. The van der Waals surface area contributed by atoms with Gasteiger partial charge in [0.25, 0.3) is 5.91 Å². The van der Waals surface area contributed by atoms with Gasteiger partial charge in [0, 0.05) is 28.6 Å². The Morgan fingerprint density at radius 2 is 2.19 bits per heavy atom. The molecular formula is C14H12BrN3O2S. The maximum Gasteiger partial charge on any atom is 0.257 e. The van der Waals surface area contributed by atoms with E-state index in [-0.39, 0.29) is 17.5 Å². The van der Waals surface area contributed by atoms with Gasteiger partial charge in [-0.25, -0.2) is 0 Å². The Hall–Kier alpha value is -1.99. The Bertz CT molecular complexity index is 679. The highest BCUT2D eigenvalue weighted by Crippen LogP contribution is 2.18. The van der Waals surface area contributed by atoms with Crippen LogP contribution in [0.3, 0.4) is 0 Å². The molecule has 1 aromatic heterocycles. The lowest BCUT2D eigenvalue weighted by atomic mass is 10.2. The fraction of sp³-hybridized carbons (Fsp3) is 0.0714. The number of anilines is 1. The van der Waals surface area contributed by atoms with E-state index in [1.54, 1.807) is 36.5 Å². The number of pyridine rings is 1. The van der Waals surface area contributed by atoms with Crippen molar-refractivity contribution >= 4 is 44.7 Å². The third-order valence-corrected chi connectivity index (χ3v) is 2.99. The van der Waals surface area contributed by atoms with Crippen molar-refractivity contribution in [3.05, 3.63) is 52.8 Å². The summed E-state index contributed by atoms with van der Waals surface area (Å²) in [6, 6.07) is 8.67. The zero-order chi connectivity index (χ0) is 15.2. The highest BCUT2D eigenvalue weighted by atomic mass is 79.9. The molecule has 1 amide bonds. The van der Waals surface area contributed by atoms with Gasteiger partial charge in [-0.15, -0.1) is 0 Å². The van der Waals surface area contributed by atoms with Gasteiger partial charge in [-0.05, 0) is 34.1 Å². The summed E-state index contributed by atoms with van der Waals surface area (Å²) in [7, 11) is 0. The Morgan fingerprint density at radius 1 is 1.38 bits per heavy atom. The van der Waals surface area contributed by atoms with Crippen LogP contribution < -0.4 is 15.8 Å². The van der Waals surface area contributed by atoms with Crippen LogP contribution in [-0.4, -0.2) is 22.5 Å². The van der Waals surface area contributed by atoms with E-state index in [9.17, 15) is 4.79 Å². The molecule has 0 saturated carbocycles. The zero-order valence-corrected chi connectivity index (χ0v) is 13.3. The molecule has 0 bridgehead atoms. The van der Waals surface area contributed by atoms with E-state index in [0.29, 0.717) is 17.0 Å². The topological polar surface area (TPSA) is 77.2 Å². The molecule has 7 heteroatoms. The van der Waals surface area contributed by atoms with Crippen LogP contribution in [-0.2, 0) is 0 Å². The molecule has 5 nitrogen and oxygen atoms in total. The molecule has 0 aliphatic heterocycles. The second-order valence-corrected chi connectivity index (χ2v) is 5.57. The molecule has 3 N–H and O–H groups in total. The SMILES string of the molecule is NC(=S)COc1cccc(NC(=O)c2cncc(Br)c2)c1. The third-order valence-electron chi connectivity index (χ3n) is 2.44. The van der Waals surface area contributed by atoms with Crippen molar-refractivity contribution < 1.29 is 9.53 Å². The molecule has 2 aromatic rings. The Morgan fingerprint density at radius 3 is 2.90 bits per heavy atom. The van der Waals surface area contributed by atoms with Gasteiger partial charge < -0.3 is 15.8 Å². The van der Waals surface area contributed by atoms with Crippen molar-refractivity contribution in [3.63, 3.8) is 0 Å². The molecule has 0 saturated heterocycles. The molecule has 0 spiro atoms. The standard InChI is InChI=1S/C14H12BrN3O2S/c15-10-4-9(6-17-7-10)14(19)18-11-2-1-3-12(5-11)20-8-13(16)21/h1-7H,8H2,(H2,16,21)(H,18,19). The molecule has 0 aliphatic carbocycles. The van der Waals surface area contributed by atoms with Crippen molar-refractivity contribution in [1.29, 1.82) is 0 Å². The Balaban J connectivity index is 2.07. The number of hydrogen-bond donors (Lipinski definition) is 2. The second-order valence-electron chi connectivity index (χ2n) is 4.13. The summed E-state index contributed by atoms with van der Waals surface area (Å²) in [6.07, 6.45) is 3.11. The molecule has 108 valence electrons. The summed E-state index contributed by atoms with van der Waals surface area (Å²) < 4.78 is 6.12. The van der Waals surface area contributed by atoms with Gasteiger partial charge in [-0.1, -0.05) is 18.3 Å². The number of nitrogens with zero attached hydrogens (tertiary/aromatic N) is 1. The molecule has 0 atom stereocenters. The molecule has 1 heterocycles. The number of aromatic nitrogens is 1. The predicted molar refractivity (Wildman–Crippen MR) is 88.6 cm³/mol. The van der Waals surface area contributed by atoms with Crippen molar-refractivity contribution in [2.75, 3.05) is 11.9 Å². The summed E-state index contributed by atoms with van der Waals surface area (Å²) in [6.45, 7) is 0.155. The molecule has 0 unspecified atom stereocenters. The maximum atomic E-state index is 12.1. The number of ether oxygens (including phenoxy) is 1. The molecule has 2 rings (SSSR count). The minimum absolute atomic E-state index is 0.155. The lowest BCUT2D eigenvalue weighted by molar-refractivity contribution is 0.102. The van der Waals surface area contributed by atoms with Gasteiger partial charge in [0.15, 0.2) is 0 Å². The molecule has 0 aliphatic rings. The van der Waals surface area contributed by atoms with E-state index in [2.05, 4.69) is 26.2 Å². The fourth-order valence-electron chi connectivity index (χ4n) is 1.56. The van der Waals surface area contributed by atoms with E-state index < -0.39 is 0 Å². The normalized spacial score (nSPS) is 9.95. The predicted octanol–water partition coefficient (Wildman–Crippen LogP) is 2.76. The lowest BCUT2D eigenvalue weighted by Crippen LogP contribution is -2.18. The van der Waals surface area contributed by atoms with Crippen molar-refractivity contribution in [2.24, 2.45) is 5.73 Å². The van der Waals surface area contributed by atoms with Gasteiger partial charge >= 0.3 is 0 Å². The van der Waals surface area contributed by atoms with Gasteiger partial charge in [-0.3, -0.25) is 9.78 Å². The molecule has 1 aromatic carbocycles. The summed E-state index contributed by atoms with van der Waals surface area (Å²) in [4.78, 5) is 16.3. The van der Waals surface area contributed by atoms with Crippen LogP contribution >= 0.6 is 28.1 Å². The summed E-state index contributed by atoms with van der Waals surface area (Å²) in [5.74, 6) is 0.322. The van der Waals surface area contributed by atoms with Crippen LogP contribution in [0.25, 0.3) is 0 Å². The number of hydrogen-bond acceptors (Lipinski definition) is 4. The van der Waals surface area contributed by atoms with E-state index in [1.165, 1.54) is 6.20 Å². The largest absolute Gasteiger partial charge is 0.486 e. The maximum absolute atomic E-state index is 12.1. The smallest absolute Gasteiger partial charge is 0.257 e. The quantitative estimate of drug-likeness (QED) is 0.796.